The van der Waals surface area contributed by atoms with E-state index in [9.17, 15) is 14.4 Å². The minimum atomic E-state index is -1.10. The highest BCUT2D eigenvalue weighted by Crippen LogP contribution is 2.15. The molecule has 0 aliphatic carbocycles. The van der Waals surface area contributed by atoms with Crippen LogP contribution >= 0.6 is 0 Å². The largest absolute Gasteiger partial charge is 0.368 e. The molecule has 3 amide bonds. The van der Waals surface area contributed by atoms with Gasteiger partial charge in [-0.05, 0) is 12.8 Å². The van der Waals surface area contributed by atoms with Gasteiger partial charge in [0.05, 0.1) is 6.54 Å². The number of carbonyl (C=O) groups is 3. The molecule has 1 atom stereocenters. The predicted octanol–water partition coefficient (Wildman–Crippen LogP) is -0.471. The lowest BCUT2D eigenvalue weighted by atomic mass is 9.87. The van der Waals surface area contributed by atoms with Crippen molar-refractivity contribution < 1.29 is 14.4 Å². The summed E-state index contributed by atoms with van der Waals surface area (Å²) in [5.41, 5.74) is 4.16. The third-order valence-electron chi connectivity index (χ3n) is 2.83. The highest BCUT2D eigenvalue weighted by Gasteiger charge is 2.36. The maximum atomic E-state index is 11.6. The van der Waals surface area contributed by atoms with Crippen LogP contribution in [0.25, 0.3) is 0 Å². The topological polar surface area (TPSA) is 101 Å². The van der Waals surface area contributed by atoms with E-state index in [1.807, 2.05) is 0 Å². The van der Waals surface area contributed by atoms with Crippen molar-refractivity contribution in [1.29, 1.82) is 0 Å². The van der Waals surface area contributed by atoms with Crippen LogP contribution in [-0.2, 0) is 14.4 Å². The van der Waals surface area contributed by atoms with Crippen LogP contribution in [0.15, 0.2) is 0 Å². The van der Waals surface area contributed by atoms with Crippen LogP contribution in [-0.4, -0.2) is 29.8 Å². The van der Waals surface area contributed by atoms with E-state index in [4.69, 9.17) is 5.73 Å². The smallest absolute Gasteiger partial charge is 0.243 e. The maximum Gasteiger partial charge on any atom is 0.243 e. The molecule has 0 saturated heterocycles. The van der Waals surface area contributed by atoms with Gasteiger partial charge in [-0.1, -0.05) is 20.8 Å². The summed E-state index contributed by atoms with van der Waals surface area (Å²) in [6, 6.07) is 0. The fourth-order valence-electron chi connectivity index (χ4n) is 1.13. The van der Waals surface area contributed by atoms with Gasteiger partial charge in [-0.15, -0.1) is 0 Å². The first kappa shape index (κ1) is 15.4. The molecule has 0 aromatic carbocycles. The summed E-state index contributed by atoms with van der Waals surface area (Å²) in [4.78, 5) is 33.8. The van der Waals surface area contributed by atoms with E-state index in [1.54, 1.807) is 27.7 Å². The fraction of sp³-hybridized carbons (Fsp3) is 0.727. The van der Waals surface area contributed by atoms with Crippen molar-refractivity contribution in [3.05, 3.63) is 0 Å². The standard InChI is InChI=1S/C11H21N3O3/c1-5-8(15)13-6-9(16)14-11(4,7(2)3)10(12)17/h7H,5-6H2,1-4H3,(H2,12,17)(H,13,15)(H,14,16). The molecule has 98 valence electrons. The summed E-state index contributed by atoms with van der Waals surface area (Å²) >= 11 is 0. The van der Waals surface area contributed by atoms with Crippen LogP contribution in [0.5, 0.6) is 0 Å². The third-order valence-corrected chi connectivity index (χ3v) is 2.83. The highest BCUT2D eigenvalue weighted by atomic mass is 16.2. The molecule has 0 aliphatic rings. The zero-order valence-electron chi connectivity index (χ0n) is 10.8. The second kappa shape index (κ2) is 6.22. The van der Waals surface area contributed by atoms with E-state index < -0.39 is 17.4 Å². The van der Waals surface area contributed by atoms with E-state index in [-0.39, 0.29) is 18.4 Å². The van der Waals surface area contributed by atoms with E-state index in [0.717, 1.165) is 0 Å². The van der Waals surface area contributed by atoms with Crippen molar-refractivity contribution in [2.24, 2.45) is 11.7 Å². The Morgan fingerprint density at radius 3 is 2.12 bits per heavy atom. The van der Waals surface area contributed by atoms with Gasteiger partial charge in [0.2, 0.25) is 17.7 Å². The predicted molar refractivity (Wildman–Crippen MR) is 63.9 cm³/mol. The molecule has 0 saturated carbocycles. The first-order valence-corrected chi connectivity index (χ1v) is 5.61. The number of nitrogens with one attached hydrogen (secondary N) is 2. The van der Waals surface area contributed by atoms with Gasteiger partial charge in [0, 0.05) is 6.42 Å². The molecule has 17 heavy (non-hydrogen) atoms. The fourth-order valence-corrected chi connectivity index (χ4v) is 1.13. The molecule has 6 nitrogen and oxygen atoms in total. The highest BCUT2D eigenvalue weighted by molar-refractivity contribution is 5.92. The molecule has 0 fully saturated rings. The zero-order valence-corrected chi connectivity index (χ0v) is 10.8. The molecule has 0 radical (unpaired) electrons. The Hall–Kier alpha value is -1.59. The average Bonchev–Trinajstić information content (AvgIpc) is 2.25. The Kier molecular flexibility index (Phi) is 5.64. The number of amides is 3. The van der Waals surface area contributed by atoms with Gasteiger partial charge >= 0.3 is 0 Å². The van der Waals surface area contributed by atoms with Gasteiger partial charge in [-0.2, -0.15) is 0 Å². The lowest BCUT2D eigenvalue weighted by Gasteiger charge is -2.31. The summed E-state index contributed by atoms with van der Waals surface area (Å²) in [7, 11) is 0. The maximum absolute atomic E-state index is 11.6. The molecule has 0 spiro atoms. The first-order chi connectivity index (χ1) is 7.74. The molecule has 0 rings (SSSR count). The van der Waals surface area contributed by atoms with Gasteiger partial charge in [-0.3, -0.25) is 14.4 Å². The second-order valence-electron chi connectivity index (χ2n) is 4.40. The summed E-state index contributed by atoms with van der Waals surface area (Å²) < 4.78 is 0. The molecular weight excluding hydrogens is 222 g/mol. The molecular formula is C11H21N3O3. The van der Waals surface area contributed by atoms with Crippen molar-refractivity contribution >= 4 is 17.7 Å². The van der Waals surface area contributed by atoms with Crippen LogP contribution in [0.4, 0.5) is 0 Å². The molecule has 4 N–H and O–H groups in total. The quantitative estimate of drug-likeness (QED) is 0.587. The summed E-state index contributed by atoms with van der Waals surface area (Å²) in [6.07, 6.45) is 0.310. The van der Waals surface area contributed by atoms with Crippen LogP contribution < -0.4 is 16.4 Å². The Balaban J connectivity index is 4.44. The van der Waals surface area contributed by atoms with E-state index >= 15 is 0 Å². The molecule has 6 heteroatoms. The Morgan fingerprint density at radius 2 is 1.76 bits per heavy atom. The van der Waals surface area contributed by atoms with Gasteiger partial charge in [0.15, 0.2) is 0 Å². The lowest BCUT2D eigenvalue weighted by molar-refractivity contribution is -0.133. The minimum absolute atomic E-state index is 0.133. The van der Waals surface area contributed by atoms with Gasteiger partial charge in [0.25, 0.3) is 0 Å². The summed E-state index contributed by atoms with van der Waals surface area (Å²) in [6.45, 7) is 6.68. The van der Waals surface area contributed by atoms with Crippen molar-refractivity contribution in [3.8, 4) is 0 Å². The van der Waals surface area contributed by atoms with Crippen LogP contribution in [0.1, 0.15) is 34.1 Å². The van der Waals surface area contributed by atoms with E-state index in [2.05, 4.69) is 10.6 Å². The SMILES string of the molecule is CCC(=O)NCC(=O)NC(C)(C(N)=O)C(C)C. The number of nitrogens with two attached hydrogens (primary N) is 1. The lowest BCUT2D eigenvalue weighted by Crippen LogP contribution is -2.60. The third kappa shape index (κ3) is 4.42. The zero-order chi connectivity index (χ0) is 13.6. The monoisotopic (exact) mass is 243 g/mol. The first-order valence-electron chi connectivity index (χ1n) is 5.61. The normalized spacial score (nSPS) is 13.9. The van der Waals surface area contributed by atoms with E-state index in [0.29, 0.717) is 6.42 Å². The molecule has 0 aliphatic heterocycles. The number of hydrogen-bond acceptors (Lipinski definition) is 3. The molecule has 0 bridgehead atoms. The minimum Gasteiger partial charge on any atom is -0.368 e. The number of rotatable bonds is 6. The summed E-state index contributed by atoms with van der Waals surface area (Å²) in [5.74, 6) is -1.37. The van der Waals surface area contributed by atoms with Crippen LogP contribution in [0.3, 0.4) is 0 Å². The van der Waals surface area contributed by atoms with Crippen molar-refractivity contribution in [1.82, 2.24) is 10.6 Å². The van der Waals surface area contributed by atoms with Gasteiger partial charge in [-0.25, -0.2) is 0 Å². The molecule has 0 aromatic rings. The van der Waals surface area contributed by atoms with Crippen molar-refractivity contribution in [2.75, 3.05) is 6.54 Å². The second-order valence-corrected chi connectivity index (χ2v) is 4.40. The Bertz CT molecular complexity index is 315. The molecule has 1 unspecified atom stereocenters. The van der Waals surface area contributed by atoms with Crippen LogP contribution in [0, 0.1) is 5.92 Å². The average molecular weight is 243 g/mol. The summed E-state index contributed by atoms with van der Waals surface area (Å²) in [5, 5.41) is 4.97. The Labute approximate surface area is 101 Å². The van der Waals surface area contributed by atoms with Crippen molar-refractivity contribution in [3.63, 3.8) is 0 Å². The van der Waals surface area contributed by atoms with Gasteiger partial charge < -0.3 is 16.4 Å². The van der Waals surface area contributed by atoms with E-state index in [1.165, 1.54) is 0 Å². The number of primary amides is 1. The number of hydrogen-bond donors (Lipinski definition) is 3. The Morgan fingerprint density at radius 1 is 1.24 bits per heavy atom. The molecule has 0 heterocycles. The van der Waals surface area contributed by atoms with Crippen molar-refractivity contribution in [2.45, 2.75) is 39.7 Å². The number of carbonyl (C=O) groups excluding carboxylic acids is 3. The van der Waals surface area contributed by atoms with Gasteiger partial charge in [0.1, 0.15) is 5.54 Å². The molecule has 0 aromatic heterocycles. The van der Waals surface area contributed by atoms with Crippen LogP contribution in [0.2, 0.25) is 0 Å².